The summed E-state index contributed by atoms with van der Waals surface area (Å²) in [5.74, 6) is 0.567. The number of nitrogens with zero attached hydrogens (tertiary/aromatic N) is 3. The van der Waals surface area contributed by atoms with Gasteiger partial charge in [-0.3, -0.25) is 0 Å². The molecule has 5 heteroatoms. The second-order valence-corrected chi connectivity index (χ2v) is 5.09. The summed E-state index contributed by atoms with van der Waals surface area (Å²) < 4.78 is 15.4. The second-order valence-electron chi connectivity index (χ2n) is 5.09. The van der Waals surface area contributed by atoms with Gasteiger partial charge in [0.1, 0.15) is 5.82 Å². The highest BCUT2D eigenvalue weighted by Crippen LogP contribution is 2.34. The molecule has 0 radical (unpaired) electrons. The van der Waals surface area contributed by atoms with Crippen LogP contribution in [-0.2, 0) is 0 Å². The number of halogens is 1. The topological polar surface area (TPSA) is 47.1 Å². The minimum atomic E-state index is -0.258. The summed E-state index contributed by atoms with van der Waals surface area (Å²) in [5.41, 5.74) is 8.39. The van der Waals surface area contributed by atoms with E-state index in [-0.39, 0.29) is 11.9 Å². The van der Waals surface area contributed by atoms with Crippen LogP contribution in [0.2, 0.25) is 0 Å². The first-order chi connectivity index (χ1) is 9.45. The van der Waals surface area contributed by atoms with Crippen LogP contribution in [-0.4, -0.2) is 16.3 Å². The minimum absolute atomic E-state index is 0.184. The van der Waals surface area contributed by atoms with Crippen LogP contribution < -0.4 is 10.6 Å². The monoisotopic (exact) mass is 276 g/mol. The number of aromatic nitrogens is 2. The third-order valence-corrected chi connectivity index (χ3v) is 3.29. The lowest BCUT2D eigenvalue weighted by Crippen LogP contribution is -2.22. The largest absolute Gasteiger partial charge is 0.394 e. The lowest BCUT2D eigenvalue weighted by Gasteiger charge is -2.26. The van der Waals surface area contributed by atoms with Crippen molar-refractivity contribution in [1.29, 1.82) is 0 Å². The van der Waals surface area contributed by atoms with E-state index in [1.807, 2.05) is 29.5 Å². The molecule has 0 unspecified atom stereocenters. The van der Waals surface area contributed by atoms with E-state index in [4.69, 9.17) is 5.73 Å². The van der Waals surface area contributed by atoms with E-state index in [9.17, 15) is 4.39 Å². The van der Waals surface area contributed by atoms with Crippen LogP contribution in [0.15, 0.2) is 24.3 Å². The maximum atomic E-state index is 13.5. The third kappa shape index (κ3) is 2.48. The number of hydrogen-bond donors (Lipinski definition) is 1. The van der Waals surface area contributed by atoms with Crippen molar-refractivity contribution in [3.63, 3.8) is 0 Å². The zero-order valence-corrected chi connectivity index (χ0v) is 12.4. The Hall–Kier alpha value is -2.04. The van der Waals surface area contributed by atoms with Crippen molar-refractivity contribution < 1.29 is 4.39 Å². The number of nitrogen functional groups attached to an aromatic ring is 1. The average Bonchev–Trinajstić information content (AvgIpc) is 2.69. The van der Waals surface area contributed by atoms with Crippen molar-refractivity contribution in [2.24, 2.45) is 0 Å². The van der Waals surface area contributed by atoms with E-state index in [2.05, 4.69) is 18.9 Å². The van der Waals surface area contributed by atoms with E-state index in [1.54, 1.807) is 6.07 Å². The normalized spacial score (nSPS) is 11.1. The molecule has 0 aliphatic carbocycles. The van der Waals surface area contributed by atoms with Crippen molar-refractivity contribution in [2.75, 3.05) is 17.2 Å². The summed E-state index contributed by atoms with van der Waals surface area (Å²) in [5, 5.41) is 4.48. The number of benzene rings is 1. The van der Waals surface area contributed by atoms with Gasteiger partial charge < -0.3 is 10.6 Å². The molecule has 0 aliphatic rings. The first-order valence-corrected chi connectivity index (χ1v) is 6.83. The van der Waals surface area contributed by atoms with Crippen LogP contribution in [0.4, 0.5) is 21.6 Å². The highest BCUT2D eigenvalue weighted by atomic mass is 19.1. The zero-order valence-electron chi connectivity index (χ0n) is 12.4. The van der Waals surface area contributed by atoms with Crippen molar-refractivity contribution in [3.8, 4) is 0 Å². The number of nitrogens with two attached hydrogens (primary N) is 1. The van der Waals surface area contributed by atoms with Gasteiger partial charge in [-0.25, -0.2) is 9.07 Å². The molecule has 0 saturated heterocycles. The number of anilines is 3. The van der Waals surface area contributed by atoms with Gasteiger partial charge in [0.15, 0.2) is 5.82 Å². The predicted molar refractivity (Wildman–Crippen MR) is 80.8 cm³/mol. The number of aryl methyl sites for hydroxylation is 1. The Morgan fingerprint density at radius 3 is 2.65 bits per heavy atom. The highest BCUT2D eigenvalue weighted by molar-refractivity contribution is 5.73. The molecule has 0 saturated carbocycles. The van der Waals surface area contributed by atoms with Gasteiger partial charge in [0.2, 0.25) is 0 Å². The first-order valence-electron chi connectivity index (χ1n) is 6.83. The van der Waals surface area contributed by atoms with Gasteiger partial charge in [0, 0.05) is 18.3 Å². The second kappa shape index (κ2) is 5.53. The van der Waals surface area contributed by atoms with Gasteiger partial charge in [-0.1, -0.05) is 6.07 Å². The molecule has 1 aromatic carbocycles. The molecule has 0 spiro atoms. The van der Waals surface area contributed by atoms with Crippen LogP contribution in [0.5, 0.6) is 0 Å². The van der Waals surface area contributed by atoms with E-state index in [1.165, 1.54) is 12.1 Å². The molecule has 0 aliphatic heterocycles. The first kappa shape index (κ1) is 14.4. The van der Waals surface area contributed by atoms with Crippen LogP contribution in [0.1, 0.15) is 32.5 Å². The Kier molecular flexibility index (Phi) is 3.97. The molecule has 4 nitrogen and oxygen atoms in total. The predicted octanol–water partition coefficient (Wildman–Crippen LogP) is 3.65. The molecular weight excluding hydrogens is 255 g/mol. The molecule has 2 N–H and O–H groups in total. The maximum Gasteiger partial charge on any atom is 0.155 e. The summed E-state index contributed by atoms with van der Waals surface area (Å²) in [6, 6.07) is 6.70. The van der Waals surface area contributed by atoms with Crippen LogP contribution in [0.25, 0.3) is 0 Å². The van der Waals surface area contributed by atoms with Crippen LogP contribution in [0, 0.1) is 12.7 Å². The quantitative estimate of drug-likeness (QED) is 0.927. The van der Waals surface area contributed by atoms with Gasteiger partial charge in [0.25, 0.3) is 0 Å². The van der Waals surface area contributed by atoms with Crippen molar-refractivity contribution in [3.05, 3.63) is 35.8 Å². The highest BCUT2D eigenvalue weighted by Gasteiger charge is 2.21. The van der Waals surface area contributed by atoms with Gasteiger partial charge in [-0.05, 0) is 45.9 Å². The average molecular weight is 276 g/mol. The maximum absolute atomic E-state index is 13.5. The Balaban J connectivity index is 2.57. The molecule has 0 atom stereocenters. The fourth-order valence-electron chi connectivity index (χ4n) is 2.28. The van der Waals surface area contributed by atoms with Gasteiger partial charge in [-0.2, -0.15) is 5.10 Å². The molecule has 20 heavy (non-hydrogen) atoms. The summed E-state index contributed by atoms with van der Waals surface area (Å²) in [4.78, 5) is 1.98. The molecule has 1 aromatic heterocycles. The standard InChI is InChI=1S/C15H21FN4/c1-5-19(13-8-6-7-12(16)9-13)15-14(17)11(4)18-20(15)10(2)3/h6-10H,5,17H2,1-4H3. The van der Waals surface area contributed by atoms with Crippen LogP contribution >= 0.6 is 0 Å². The Bertz CT molecular complexity index is 604. The van der Waals surface area contributed by atoms with Crippen molar-refractivity contribution in [2.45, 2.75) is 33.7 Å². The van der Waals surface area contributed by atoms with E-state index < -0.39 is 0 Å². The lowest BCUT2D eigenvalue weighted by molar-refractivity contribution is 0.529. The van der Waals surface area contributed by atoms with Crippen LogP contribution in [0.3, 0.4) is 0 Å². The molecule has 108 valence electrons. The zero-order chi connectivity index (χ0) is 14.9. The molecule has 0 bridgehead atoms. The molecule has 2 aromatic rings. The Labute approximate surface area is 119 Å². The summed E-state index contributed by atoms with van der Waals surface area (Å²) in [6.07, 6.45) is 0. The molecule has 2 rings (SSSR count). The third-order valence-electron chi connectivity index (χ3n) is 3.29. The Morgan fingerprint density at radius 1 is 1.40 bits per heavy atom. The number of rotatable bonds is 4. The fourth-order valence-corrected chi connectivity index (χ4v) is 2.28. The van der Waals surface area contributed by atoms with E-state index >= 15 is 0 Å². The van der Waals surface area contributed by atoms with Crippen molar-refractivity contribution in [1.82, 2.24) is 9.78 Å². The number of hydrogen-bond acceptors (Lipinski definition) is 3. The SMILES string of the molecule is CCN(c1cccc(F)c1)c1c(N)c(C)nn1C(C)C. The molecule has 0 fully saturated rings. The molecule has 0 amide bonds. The lowest BCUT2D eigenvalue weighted by atomic mass is 10.2. The molecular formula is C15H21FN4. The van der Waals surface area contributed by atoms with Gasteiger partial charge >= 0.3 is 0 Å². The molecule has 1 heterocycles. The van der Waals surface area contributed by atoms with Gasteiger partial charge in [-0.15, -0.1) is 0 Å². The fraction of sp³-hybridized carbons (Fsp3) is 0.400. The smallest absolute Gasteiger partial charge is 0.155 e. The summed E-state index contributed by atoms with van der Waals surface area (Å²) in [6.45, 7) is 8.68. The summed E-state index contributed by atoms with van der Waals surface area (Å²) in [7, 11) is 0. The minimum Gasteiger partial charge on any atom is -0.394 e. The van der Waals surface area contributed by atoms with E-state index in [0.717, 1.165) is 17.2 Å². The Morgan fingerprint density at radius 2 is 2.10 bits per heavy atom. The van der Waals surface area contributed by atoms with E-state index in [0.29, 0.717) is 12.2 Å². The van der Waals surface area contributed by atoms with Crippen molar-refractivity contribution >= 4 is 17.2 Å². The van der Waals surface area contributed by atoms with Gasteiger partial charge in [0.05, 0.1) is 11.4 Å². The summed E-state index contributed by atoms with van der Waals surface area (Å²) >= 11 is 0.